The van der Waals surface area contributed by atoms with Crippen molar-refractivity contribution in [3.05, 3.63) is 71.8 Å². The Kier molecular flexibility index (Phi) is 4.39. The van der Waals surface area contributed by atoms with Gasteiger partial charge in [-0.05, 0) is 67.1 Å². The fourth-order valence-corrected chi connectivity index (χ4v) is 4.83. The first kappa shape index (κ1) is 16.4. The Morgan fingerprint density at radius 1 is 1.12 bits per heavy atom. The van der Waals surface area contributed by atoms with Crippen LogP contribution in [0.5, 0.6) is 5.75 Å². The van der Waals surface area contributed by atoms with Gasteiger partial charge in [0.15, 0.2) is 0 Å². The SMILES string of the molecule is CCN1CC[C@]2(c3cccc(O)c3)CC(c3ccccc3)=CC[C@H]2C1. The second-order valence-electron chi connectivity index (χ2n) is 7.55. The molecule has 2 atom stereocenters. The van der Waals surface area contributed by atoms with E-state index in [9.17, 15) is 5.11 Å². The number of rotatable bonds is 3. The summed E-state index contributed by atoms with van der Waals surface area (Å²) >= 11 is 0. The van der Waals surface area contributed by atoms with Crippen LogP contribution in [0.2, 0.25) is 0 Å². The van der Waals surface area contributed by atoms with Crippen LogP contribution in [0.4, 0.5) is 0 Å². The van der Waals surface area contributed by atoms with Gasteiger partial charge >= 0.3 is 0 Å². The van der Waals surface area contributed by atoms with Crippen LogP contribution in [-0.2, 0) is 5.41 Å². The van der Waals surface area contributed by atoms with Crippen molar-refractivity contribution in [2.45, 2.75) is 31.6 Å². The Hall–Kier alpha value is -2.06. The zero-order valence-electron chi connectivity index (χ0n) is 15.0. The fourth-order valence-electron chi connectivity index (χ4n) is 4.83. The summed E-state index contributed by atoms with van der Waals surface area (Å²) < 4.78 is 0. The summed E-state index contributed by atoms with van der Waals surface area (Å²) in [6, 6.07) is 18.8. The summed E-state index contributed by atoms with van der Waals surface area (Å²) in [4.78, 5) is 2.58. The molecule has 2 heteroatoms. The highest BCUT2D eigenvalue weighted by atomic mass is 16.3. The highest BCUT2D eigenvalue weighted by Gasteiger charge is 2.45. The van der Waals surface area contributed by atoms with Gasteiger partial charge in [0.05, 0.1) is 0 Å². The lowest BCUT2D eigenvalue weighted by molar-refractivity contribution is 0.0934. The third-order valence-electron chi connectivity index (χ3n) is 6.30. The lowest BCUT2D eigenvalue weighted by Gasteiger charge is -2.51. The molecule has 2 aliphatic rings. The van der Waals surface area contributed by atoms with E-state index in [0.29, 0.717) is 11.7 Å². The van der Waals surface area contributed by atoms with Crippen molar-refractivity contribution in [2.75, 3.05) is 19.6 Å². The number of benzene rings is 2. The lowest BCUT2D eigenvalue weighted by atomic mass is 9.59. The van der Waals surface area contributed by atoms with Crippen LogP contribution in [0, 0.1) is 5.92 Å². The van der Waals surface area contributed by atoms with E-state index in [1.54, 1.807) is 6.07 Å². The maximum Gasteiger partial charge on any atom is 0.115 e. The summed E-state index contributed by atoms with van der Waals surface area (Å²) in [7, 11) is 0. The molecule has 0 spiro atoms. The first-order chi connectivity index (χ1) is 12.2. The van der Waals surface area contributed by atoms with Crippen molar-refractivity contribution >= 4 is 5.57 Å². The number of phenolic OH excluding ortho intramolecular Hbond substituents is 1. The monoisotopic (exact) mass is 333 g/mol. The van der Waals surface area contributed by atoms with Gasteiger partial charge in [-0.2, -0.15) is 0 Å². The minimum Gasteiger partial charge on any atom is -0.508 e. The van der Waals surface area contributed by atoms with Crippen molar-refractivity contribution in [2.24, 2.45) is 5.92 Å². The second-order valence-corrected chi connectivity index (χ2v) is 7.55. The summed E-state index contributed by atoms with van der Waals surface area (Å²) in [6.45, 7) is 5.69. The van der Waals surface area contributed by atoms with Crippen molar-refractivity contribution in [1.29, 1.82) is 0 Å². The van der Waals surface area contributed by atoms with Gasteiger partial charge in [0, 0.05) is 12.0 Å². The van der Waals surface area contributed by atoms with E-state index in [1.807, 2.05) is 12.1 Å². The predicted molar refractivity (Wildman–Crippen MR) is 104 cm³/mol. The number of aromatic hydroxyl groups is 1. The van der Waals surface area contributed by atoms with Crippen LogP contribution >= 0.6 is 0 Å². The minimum atomic E-state index is 0.143. The van der Waals surface area contributed by atoms with Crippen LogP contribution < -0.4 is 0 Å². The molecule has 2 aromatic carbocycles. The number of phenols is 1. The molecule has 0 saturated carbocycles. The van der Waals surface area contributed by atoms with Crippen LogP contribution in [0.1, 0.15) is 37.3 Å². The van der Waals surface area contributed by atoms with Gasteiger partial charge in [0.1, 0.15) is 5.75 Å². The Morgan fingerprint density at radius 3 is 2.72 bits per heavy atom. The molecule has 2 aromatic rings. The van der Waals surface area contributed by atoms with E-state index in [1.165, 1.54) is 23.1 Å². The second kappa shape index (κ2) is 6.68. The highest BCUT2D eigenvalue weighted by Crippen LogP contribution is 2.51. The number of nitrogens with zero attached hydrogens (tertiary/aromatic N) is 1. The topological polar surface area (TPSA) is 23.5 Å². The van der Waals surface area contributed by atoms with Crippen molar-refractivity contribution in [3.8, 4) is 5.75 Å². The van der Waals surface area contributed by atoms with Crippen LogP contribution in [0.15, 0.2) is 60.7 Å². The minimum absolute atomic E-state index is 0.143. The van der Waals surface area contributed by atoms with E-state index in [-0.39, 0.29) is 5.41 Å². The molecular formula is C23H27NO. The third kappa shape index (κ3) is 3.00. The first-order valence-electron chi connectivity index (χ1n) is 9.47. The number of hydrogen-bond donors (Lipinski definition) is 1. The van der Waals surface area contributed by atoms with Gasteiger partial charge < -0.3 is 10.0 Å². The molecule has 2 nitrogen and oxygen atoms in total. The maximum atomic E-state index is 10.1. The Bertz CT molecular complexity index is 767. The maximum absolute atomic E-state index is 10.1. The van der Waals surface area contributed by atoms with Crippen molar-refractivity contribution in [3.63, 3.8) is 0 Å². The smallest absolute Gasteiger partial charge is 0.115 e. The van der Waals surface area contributed by atoms with E-state index in [4.69, 9.17) is 0 Å². The highest BCUT2D eigenvalue weighted by molar-refractivity contribution is 5.68. The van der Waals surface area contributed by atoms with Gasteiger partial charge in [-0.3, -0.25) is 0 Å². The normalized spacial score (nSPS) is 26.8. The lowest BCUT2D eigenvalue weighted by Crippen LogP contribution is -2.51. The summed E-state index contributed by atoms with van der Waals surface area (Å²) in [6.07, 6.45) is 5.82. The standard InChI is InChI=1S/C23H27NO/c1-2-24-14-13-23(20-9-6-10-22(25)15-20)16-19(11-12-21(23)17-24)18-7-4-3-5-8-18/h3-11,15,21,25H,2,12-14,16-17H2,1H3/t21-,23+/m0/s1. The van der Waals surface area contributed by atoms with Gasteiger partial charge in [-0.15, -0.1) is 0 Å². The molecule has 0 aromatic heterocycles. The predicted octanol–water partition coefficient (Wildman–Crippen LogP) is 4.85. The van der Waals surface area contributed by atoms with E-state index >= 15 is 0 Å². The molecule has 0 bridgehead atoms. The largest absolute Gasteiger partial charge is 0.508 e. The average molecular weight is 333 g/mol. The van der Waals surface area contributed by atoms with Crippen molar-refractivity contribution < 1.29 is 5.11 Å². The molecule has 1 aliphatic carbocycles. The molecule has 1 fully saturated rings. The van der Waals surface area contributed by atoms with Gasteiger partial charge in [0.25, 0.3) is 0 Å². The summed E-state index contributed by atoms with van der Waals surface area (Å²) in [5.41, 5.74) is 4.27. The summed E-state index contributed by atoms with van der Waals surface area (Å²) in [5.74, 6) is 1.01. The molecule has 0 radical (unpaired) electrons. The molecule has 1 aliphatic heterocycles. The average Bonchev–Trinajstić information content (AvgIpc) is 2.67. The Morgan fingerprint density at radius 2 is 1.96 bits per heavy atom. The Labute approximate surface area is 150 Å². The number of piperidine rings is 1. The quantitative estimate of drug-likeness (QED) is 0.868. The molecule has 0 unspecified atom stereocenters. The van der Waals surface area contributed by atoms with Gasteiger partial charge in [-0.25, -0.2) is 0 Å². The molecule has 1 saturated heterocycles. The first-order valence-corrected chi connectivity index (χ1v) is 9.47. The Balaban J connectivity index is 1.75. The van der Waals surface area contributed by atoms with E-state index < -0.39 is 0 Å². The fraction of sp³-hybridized carbons (Fsp3) is 0.391. The molecular weight excluding hydrogens is 306 g/mol. The van der Waals surface area contributed by atoms with E-state index in [0.717, 1.165) is 32.5 Å². The molecule has 1 heterocycles. The number of allylic oxidation sites excluding steroid dienone is 2. The number of fused-ring (bicyclic) bond motifs is 1. The number of hydrogen-bond acceptors (Lipinski definition) is 2. The molecule has 4 rings (SSSR count). The van der Waals surface area contributed by atoms with E-state index in [2.05, 4.69) is 54.3 Å². The molecule has 130 valence electrons. The van der Waals surface area contributed by atoms with Crippen LogP contribution in [0.25, 0.3) is 5.57 Å². The van der Waals surface area contributed by atoms with Gasteiger partial charge in [-0.1, -0.05) is 55.5 Å². The molecule has 0 amide bonds. The molecule has 25 heavy (non-hydrogen) atoms. The number of likely N-dealkylation sites (tertiary alicyclic amines) is 1. The van der Waals surface area contributed by atoms with Crippen LogP contribution in [-0.4, -0.2) is 29.6 Å². The zero-order chi connectivity index (χ0) is 17.3. The van der Waals surface area contributed by atoms with Crippen LogP contribution in [0.3, 0.4) is 0 Å². The zero-order valence-corrected chi connectivity index (χ0v) is 15.0. The van der Waals surface area contributed by atoms with Gasteiger partial charge in [0.2, 0.25) is 0 Å². The molecule has 1 N–H and O–H groups in total. The van der Waals surface area contributed by atoms with Crippen molar-refractivity contribution in [1.82, 2.24) is 4.90 Å². The summed E-state index contributed by atoms with van der Waals surface area (Å²) in [5, 5.41) is 10.1. The third-order valence-corrected chi connectivity index (χ3v) is 6.30.